The van der Waals surface area contributed by atoms with Crippen LogP contribution in [0, 0.1) is 40.4 Å². The molecule has 2 fully saturated rings. The minimum atomic E-state index is -2.93. The average Bonchev–Trinajstić information content (AvgIpc) is 2.87. The highest BCUT2D eigenvalue weighted by molar-refractivity contribution is 6.33. The van der Waals surface area contributed by atoms with E-state index < -0.39 is 92.4 Å². The summed E-state index contributed by atoms with van der Waals surface area (Å²) in [4.78, 5) is 94.9. The first-order valence-electron chi connectivity index (χ1n) is 14.1. The van der Waals surface area contributed by atoms with Crippen molar-refractivity contribution in [2.75, 3.05) is 0 Å². The van der Waals surface area contributed by atoms with Gasteiger partial charge in [0, 0.05) is 24.2 Å². The summed E-state index contributed by atoms with van der Waals surface area (Å²) in [7, 11) is 0. The van der Waals surface area contributed by atoms with E-state index in [1.54, 1.807) is 40.7 Å². The Morgan fingerprint density at radius 3 is 2.07 bits per heavy atom. The summed E-state index contributed by atoms with van der Waals surface area (Å²) in [5.41, 5.74) is -6.14. The second kappa shape index (κ2) is 9.61. The van der Waals surface area contributed by atoms with Crippen molar-refractivity contribution in [3.8, 4) is 5.75 Å². The highest BCUT2D eigenvalue weighted by Gasteiger charge is 2.80. The quantitative estimate of drug-likeness (QED) is 0.388. The first-order chi connectivity index (χ1) is 18.9. The molecular formula is C32H38O9. The van der Waals surface area contributed by atoms with Gasteiger partial charge >= 0.3 is 0 Å². The van der Waals surface area contributed by atoms with Gasteiger partial charge in [0.15, 0.2) is 34.5 Å². The molecule has 0 bridgehead atoms. The van der Waals surface area contributed by atoms with Gasteiger partial charge in [-0.25, -0.2) is 0 Å². The van der Waals surface area contributed by atoms with E-state index in [2.05, 4.69) is 0 Å². The molecule has 9 heteroatoms. The molecule has 0 amide bonds. The molecule has 8 atom stereocenters. The number of aliphatic hydroxyl groups is 1. The van der Waals surface area contributed by atoms with Crippen LogP contribution in [-0.2, 0) is 24.0 Å². The molecule has 0 aliphatic heterocycles. The van der Waals surface area contributed by atoms with Gasteiger partial charge in [0.1, 0.15) is 23.2 Å². The van der Waals surface area contributed by atoms with Crippen molar-refractivity contribution in [1.82, 2.24) is 0 Å². The second-order valence-electron chi connectivity index (χ2n) is 12.9. The molecule has 1 aromatic rings. The third-order valence-corrected chi connectivity index (χ3v) is 10.7. The first-order valence-corrected chi connectivity index (χ1v) is 14.1. The second-order valence-corrected chi connectivity index (χ2v) is 12.9. The van der Waals surface area contributed by atoms with E-state index >= 15 is 0 Å². The molecule has 41 heavy (non-hydrogen) atoms. The molecule has 220 valence electrons. The maximum Gasteiger partial charge on any atom is 0.190 e. The monoisotopic (exact) mass is 566 g/mol. The number of Topliss-reactive ketones (excluding diaryl/α,β-unsaturated/α-hetero) is 7. The summed E-state index contributed by atoms with van der Waals surface area (Å²) < 4.78 is 0. The molecule has 9 nitrogen and oxygen atoms in total. The van der Waals surface area contributed by atoms with Gasteiger partial charge in [-0.3, -0.25) is 33.6 Å². The maximum absolute atomic E-state index is 14.6. The standard InChI is InChI=1S/C32H38O9/c1-9-17(35)12-20-30(7)14(4)18-10-11-19(15(5)33)25(36)22(18)27(38)24(30)29(40)32(41)28(39)21(16(6)34)26(37)23(13(2)3)31(20,32)8/h10-11,13-14,20-21,23-24,36,41H,9,12H2,1-8H3/t14-,20-,21?,23?,24?,30-,31-,32+/m1/s1. The zero-order chi connectivity index (χ0) is 31.1. The Hall–Kier alpha value is -3.33. The van der Waals surface area contributed by atoms with Gasteiger partial charge in [0.2, 0.25) is 0 Å². The van der Waals surface area contributed by atoms with Crippen LogP contribution in [0.4, 0.5) is 0 Å². The van der Waals surface area contributed by atoms with Crippen LogP contribution in [0.3, 0.4) is 0 Å². The van der Waals surface area contributed by atoms with Gasteiger partial charge in [-0.2, -0.15) is 0 Å². The number of fused-ring (bicyclic) bond motifs is 3. The number of phenols is 1. The SMILES string of the molecule is CCC(=O)C[C@@H]1[C@]2(C)C(C(=O)c3c(ccc(C(C)=O)c3O)[C@H]2C)C(=O)[C@@]2(O)C(=O)C(C(C)=O)C(=O)C(C(C)C)[C@@]12C. The molecular weight excluding hydrogens is 528 g/mol. The van der Waals surface area contributed by atoms with Gasteiger partial charge in [-0.1, -0.05) is 47.6 Å². The van der Waals surface area contributed by atoms with Crippen molar-refractivity contribution in [3.05, 3.63) is 28.8 Å². The normalized spacial score (nSPS) is 36.5. The summed E-state index contributed by atoms with van der Waals surface area (Å²) in [5, 5.41) is 23.5. The van der Waals surface area contributed by atoms with Gasteiger partial charge in [0.25, 0.3) is 0 Å². The lowest BCUT2D eigenvalue weighted by Gasteiger charge is -2.67. The molecule has 1 aromatic carbocycles. The van der Waals surface area contributed by atoms with Crippen molar-refractivity contribution < 1.29 is 43.8 Å². The zero-order valence-electron chi connectivity index (χ0n) is 24.8. The van der Waals surface area contributed by atoms with Crippen molar-refractivity contribution in [1.29, 1.82) is 0 Å². The number of aromatic hydroxyl groups is 1. The van der Waals surface area contributed by atoms with Gasteiger partial charge in [0.05, 0.1) is 17.0 Å². The minimum absolute atomic E-state index is 0.103. The van der Waals surface area contributed by atoms with Crippen molar-refractivity contribution in [2.45, 2.75) is 79.8 Å². The number of hydrogen-bond donors (Lipinski definition) is 2. The van der Waals surface area contributed by atoms with Crippen LogP contribution in [0.1, 0.15) is 100 Å². The molecule has 0 saturated heterocycles. The van der Waals surface area contributed by atoms with Gasteiger partial charge in [-0.15, -0.1) is 0 Å². The van der Waals surface area contributed by atoms with Crippen LogP contribution in [0.25, 0.3) is 0 Å². The number of carbonyl (C=O) groups excluding carboxylic acids is 7. The number of rotatable bonds is 6. The highest BCUT2D eigenvalue weighted by atomic mass is 16.3. The molecule has 3 aliphatic carbocycles. The largest absolute Gasteiger partial charge is 0.506 e. The van der Waals surface area contributed by atoms with E-state index in [1.807, 2.05) is 0 Å². The molecule has 3 aliphatic rings. The Bertz CT molecular complexity index is 1440. The number of hydrogen-bond acceptors (Lipinski definition) is 9. The number of carbonyl (C=O) groups is 7. The first kappa shape index (κ1) is 30.6. The summed E-state index contributed by atoms with van der Waals surface area (Å²) in [6.45, 7) is 12.2. The molecule has 3 unspecified atom stereocenters. The zero-order valence-corrected chi connectivity index (χ0v) is 24.8. The fourth-order valence-corrected chi connectivity index (χ4v) is 8.65. The number of benzene rings is 1. The Balaban J connectivity index is 2.15. The fourth-order valence-electron chi connectivity index (χ4n) is 8.65. The van der Waals surface area contributed by atoms with Crippen LogP contribution < -0.4 is 0 Å². The van der Waals surface area contributed by atoms with Crippen molar-refractivity contribution in [2.24, 2.45) is 40.4 Å². The Labute approximate surface area is 239 Å². The third kappa shape index (κ3) is 3.60. The lowest BCUT2D eigenvalue weighted by molar-refractivity contribution is -0.225. The Morgan fingerprint density at radius 2 is 1.59 bits per heavy atom. The molecule has 0 aromatic heterocycles. The number of phenolic OH excluding ortho intramolecular Hbond substituents is 1. The molecule has 4 rings (SSSR count). The van der Waals surface area contributed by atoms with E-state index in [-0.39, 0.29) is 29.8 Å². The van der Waals surface area contributed by atoms with E-state index in [1.165, 1.54) is 19.9 Å². The predicted octanol–water partition coefficient (Wildman–Crippen LogP) is 3.45. The van der Waals surface area contributed by atoms with Crippen LogP contribution in [0.5, 0.6) is 5.75 Å². The fraction of sp³-hybridized carbons (Fsp3) is 0.594. The summed E-state index contributed by atoms with van der Waals surface area (Å²) in [6, 6.07) is 2.95. The molecule has 2 saturated carbocycles. The lowest BCUT2D eigenvalue weighted by Crippen LogP contribution is -2.80. The predicted molar refractivity (Wildman–Crippen MR) is 146 cm³/mol. The van der Waals surface area contributed by atoms with Crippen LogP contribution in [0.2, 0.25) is 0 Å². The van der Waals surface area contributed by atoms with E-state index in [0.717, 1.165) is 6.92 Å². The van der Waals surface area contributed by atoms with E-state index in [4.69, 9.17) is 0 Å². The van der Waals surface area contributed by atoms with Crippen molar-refractivity contribution in [3.63, 3.8) is 0 Å². The maximum atomic E-state index is 14.6. The van der Waals surface area contributed by atoms with Crippen molar-refractivity contribution >= 4 is 40.5 Å². The van der Waals surface area contributed by atoms with Crippen LogP contribution in [-0.4, -0.2) is 56.3 Å². The highest BCUT2D eigenvalue weighted by Crippen LogP contribution is 2.70. The molecule has 0 radical (unpaired) electrons. The van der Waals surface area contributed by atoms with E-state index in [9.17, 15) is 43.8 Å². The molecule has 0 heterocycles. The topological polar surface area (TPSA) is 160 Å². The van der Waals surface area contributed by atoms with Gasteiger partial charge < -0.3 is 10.2 Å². The Kier molecular flexibility index (Phi) is 7.18. The summed E-state index contributed by atoms with van der Waals surface area (Å²) in [6.07, 6.45) is -0.125. The van der Waals surface area contributed by atoms with Gasteiger partial charge in [-0.05, 0) is 48.6 Å². The molecule has 0 spiro atoms. The summed E-state index contributed by atoms with van der Waals surface area (Å²) >= 11 is 0. The van der Waals surface area contributed by atoms with Crippen LogP contribution >= 0.6 is 0 Å². The van der Waals surface area contributed by atoms with E-state index in [0.29, 0.717) is 5.56 Å². The number of ketones is 7. The lowest BCUT2D eigenvalue weighted by atomic mass is 9.34. The summed E-state index contributed by atoms with van der Waals surface area (Å²) in [5.74, 6) is -13.1. The average molecular weight is 567 g/mol. The minimum Gasteiger partial charge on any atom is -0.506 e. The third-order valence-electron chi connectivity index (χ3n) is 10.7. The smallest absolute Gasteiger partial charge is 0.190 e. The van der Waals surface area contributed by atoms with Crippen LogP contribution in [0.15, 0.2) is 12.1 Å². The Morgan fingerprint density at radius 1 is 1.00 bits per heavy atom. The molecule has 2 N–H and O–H groups in total.